The van der Waals surface area contributed by atoms with Crippen molar-refractivity contribution in [2.75, 3.05) is 32.8 Å². The second kappa shape index (κ2) is 9.11. The van der Waals surface area contributed by atoms with E-state index in [1.165, 1.54) is 32.9 Å². The Bertz CT molecular complexity index is 914. The summed E-state index contributed by atoms with van der Waals surface area (Å²) in [6.45, 7) is 3.52. The van der Waals surface area contributed by atoms with Crippen LogP contribution in [0.5, 0.6) is 0 Å². The van der Waals surface area contributed by atoms with Crippen molar-refractivity contribution in [3.63, 3.8) is 0 Å². The zero-order valence-electron chi connectivity index (χ0n) is 16.6. The first-order valence-corrected chi connectivity index (χ1v) is 12.9. The summed E-state index contributed by atoms with van der Waals surface area (Å²) >= 11 is 0. The lowest BCUT2D eigenvalue weighted by Crippen LogP contribution is -2.40. The van der Waals surface area contributed by atoms with E-state index in [9.17, 15) is 21.6 Å². The number of ether oxygens (including phenoxy) is 1. The molecule has 8 nitrogen and oxygen atoms in total. The van der Waals surface area contributed by atoms with Crippen LogP contribution < -0.4 is 0 Å². The molecule has 0 saturated carbocycles. The van der Waals surface area contributed by atoms with Crippen LogP contribution in [0.15, 0.2) is 34.1 Å². The SMILES string of the molecule is CCOC(=O)C1CCN(S(=O)(=O)c2ccc(S(=O)(=O)N3CCCCC3)cc2)CC1. The lowest BCUT2D eigenvalue weighted by molar-refractivity contribution is -0.149. The fourth-order valence-electron chi connectivity index (χ4n) is 3.78. The second-order valence-corrected chi connectivity index (χ2v) is 11.2. The Balaban J connectivity index is 1.70. The van der Waals surface area contributed by atoms with Crippen LogP contribution in [0.1, 0.15) is 39.0 Å². The van der Waals surface area contributed by atoms with E-state index in [0.717, 1.165) is 19.3 Å². The lowest BCUT2D eigenvalue weighted by atomic mass is 9.98. The van der Waals surface area contributed by atoms with Gasteiger partial charge in [-0.2, -0.15) is 8.61 Å². The van der Waals surface area contributed by atoms with Gasteiger partial charge in [0, 0.05) is 26.2 Å². The standard InChI is InChI=1S/C19H28N2O6S2/c1-2-27-19(22)16-10-14-21(15-11-16)29(25,26)18-8-6-17(7-9-18)28(23,24)20-12-4-3-5-13-20/h6-9,16H,2-5,10-15H2,1H3. The predicted octanol–water partition coefficient (Wildman–Crippen LogP) is 1.82. The first-order chi connectivity index (χ1) is 13.8. The highest BCUT2D eigenvalue weighted by Crippen LogP contribution is 2.26. The minimum atomic E-state index is -3.74. The Morgan fingerprint density at radius 1 is 0.862 bits per heavy atom. The van der Waals surface area contributed by atoms with Crippen molar-refractivity contribution in [3.05, 3.63) is 24.3 Å². The van der Waals surface area contributed by atoms with Crippen LogP contribution in [0, 0.1) is 5.92 Å². The van der Waals surface area contributed by atoms with Gasteiger partial charge in [0.15, 0.2) is 0 Å². The minimum Gasteiger partial charge on any atom is -0.466 e. The Morgan fingerprint density at radius 2 is 1.31 bits per heavy atom. The Labute approximate surface area is 172 Å². The van der Waals surface area contributed by atoms with Crippen LogP contribution in [-0.4, -0.2) is 64.2 Å². The fraction of sp³-hybridized carbons (Fsp3) is 0.632. The first kappa shape index (κ1) is 22.2. The fourth-order valence-corrected chi connectivity index (χ4v) is 6.77. The van der Waals surface area contributed by atoms with E-state index >= 15 is 0 Å². The average Bonchev–Trinajstić information content (AvgIpc) is 2.74. The lowest BCUT2D eigenvalue weighted by Gasteiger charge is -2.30. The van der Waals surface area contributed by atoms with E-state index in [2.05, 4.69) is 0 Å². The molecule has 0 atom stereocenters. The highest BCUT2D eigenvalue weighted by atomic mass is 32.2. The third-order valence-corrected chi connectivity index (χ3v) is 9.31. The van der Waals surface area contributed by atoms with Crippen LogP contribution in [0.2, 0.25) is 0 Å². The van der Waals surface area contributed by atoms with Crippen LogP contribution >= 0.6 is 0 Å². The molecule has 0 aromatic heterocycles. The highest BCUT2D eigenvalue weighted by Gasteiger charge is 2.33. The van der Waals surface area contributed by atoms with Crippen molar-refractivity contribution in [2.45, 2.75) is 48.8 Å². The van der Waals surface area contributed by atoms with E-state index in [4.69, 9.17) is 4.74 Å². The zero-order valence-corrected chi connectivity index (χ0v) is 18.3. The van der Waals surface area contributed by atoms with Gasteiger partial charge < -0.3 is 4.74 Å². The van der Waals surface area contributed by atoms with Gasteiger partial charge in [-0.25, -0.2) is 16.8 Å². The summed E-state index contributed by atoms with van der Waals surface area (Å²) < 4.78 is 59.1. The molecule has 0 spiro atoms. The number of benzene rings is 1. The molecule has 0 aliphatic carbocycles. The number of carbonyl (C=O) groups excluding carboxylic acids is 1. The minimum absolute atomic E-state index is 0.0599. The molecule has 2 saturated heterocycles. The molecule has 2 fully saturated rings. The van der Waals surface area contributed by atoms with Gasteiger partial charge >= 0.3 is 5.97 Å². The van der Waals surface area contributed by atoms with E-state index in [1.807, 2.05) is 0 Å². The summed E-state index contributed by atoms with van der Waals surface area (Å²) in [5.74, 6) is -0.560. The maximum atomic E-state index is 12.9. The summed E-state index contributed by atoms with van der Waals surface area (Å²) in [5, 5.41) is 0. The van der Waals surface area contributed by atoms with Gasteiger partial charge in [0.1, 0.15) is 0 Å². The molecule has 1 aromatic rings. The summed E-state index contributed by atoms with van der Waals surface area (Å²) in [7, 11) is -7.34. The summed E-state index contributed by atoms with van der Waals surface area (Å²) in [5.41, 5.74) is 0. The smallest absolute Gasteiger partial charge is 0.309 e. The molecule has 2 aliphatic heterocycles. The summed E-state index contributed by atoms with van der Waals surface area (Å²) in [6, 6.07) is 5.43. The predicted molar refractivity (Wildman–Crippen MR) is 107 cm³/mol. The van der Waals surface area contributed by atoms with Crippen LogP contribution in [0.4, 0.5) is 0 Å². The number of carbonyl (C=O) groups is 1. The average molecular weight is 445 g/mol. The number of hydrogen-bond acceptors (Lipinski definition) is 6. The molecule has 0 N–H and O–H groups in total. The summed E-state index contributed by atoms with van der Waals surface area (Å²) in [4.78, 5) is 12.0. The number of esters is 1. The monoisotopic (exact) mass is 444 g/mol. The first-order valence-electron chi connectivity index (χ1n) is 10.0. The molecule has 0 bridgehead atoms. The van der Waals surface area contributed by atoms with E-state index in [1.54, 1.807) is 6.92 Å². The normalized spacial score (nSPS) is 20.4. The molecule has 29 heavy (non-hydrogen) atoms. The molecule has 3 rings (SSSR count). The molecule has 0 radical (unpaired) electrons. The van der Waals surface area contributed by atoms with Crippen LogP contribution in [0.3, 0.4) is 0 Å². The molecule has 162 valence electrons. The zero-order chi connectivity index (χ0) is 21.1. The molecule has 1 aromatic carbocycles. The maximum absolute atomic E-state index is 12.9. The third-order valence-electron chi connectivity index (χ3n) is 5.49. The van der Waals surface area contributed by atoms with Crippen molar-refractivity contribution < 1.29 is 26.4 Å². The number of nitrogens with zero attached hydrogens (tertiary/aromatic N) is 2. The molecule has 0 amide bonds. The molecule has 10 heteroatoms. The van der Waals surface area contributed by atoms with Gasteiger partial charge in [0.2, 0.25) is 20.0 Å². The molecule has 2 aliphatic rings. The van der Waals surface area contributed by atoms with Crippen molar-refractivity contribution in [2.24, 2.45) is 5.92 Å². The van der Waals surface area contributed by atoms with Gasteiger partial charge in [0.05, 0.1) is 22.3 Å². The highest BCUT2D eigenvalue weighted by molar-refractivity contribution is 7.89. The number of sulfonamides is 2. The molecular weight excluding hydrogens is 416 g/mol. The van der Waals surface area contributed by atoms with Gasteiger partial charge in [-0.15, -0.1) is 0 Å². The molecule has 0 unspecified atom stereocenters. The number of hydrogen-bond donors (Lipinski definition) is 0. The Kier molecular flexibility index (Phi) is 6.98. The quantitative estimate of drug-likeness (QED) is 0.621. The number of rotatable bonds is 6. The topological polar surface area (TPSA) is 101 Å². The van der Waals surface area contributed by atoms with E-state index < -0.39 is 20.0 Å². The molecule has 2 heterocycles. The van der Waals surface area contributed by atoms with E-state index in [-0.39, 0.29) is 34.8 Å². The third kappa shape index (κ3) is 4.82. The largest absolute Gasteiger partial charge is 0.466 e. The Morgan fingerprint density at radius 3 is 1.76 bits per heavy atom. The molecular formula is C19H28N2O6S2. The van der Waals surface area contributed by atoms with Crippen LogP contribution in [-0.2, 0) is 29.6 Å². The van der Waals surface area contributed by atoms with Gasteiger partial charge in [-0.1, -0.05) is 6.42 Å². The van der Waals surface area contributed by atoms with Crippen molar-refractivity contribution in [1.29, 1.82) is 0 Å². The maximum Gasteiger partial charge on any atom is 0.309 e. The van der Waals surface area contributed by atoms with Gasteiger partial charge in [-0.3, -0.25) is 4.79 Å². The second-order valence-electron chi connectivity index (χ2n) is 7.37. The van der Waals surface area contributed by atoms with Crippen molar-refractivity contribution in [3.8, 4) is 0 Å². The van der Waals surface area contributed by atoms with Gasteiger partial charge in [-0.05, 0) is 56.9 Å². The number of piperidine rings is 2. The Hall–Kier alpha value is -1.49. The van der Waals surface area contributed by atoms with Crippen molar-refractivity contribution in [1.82, 2.24) is 8.61 Å². The van der Waals surface area contributed by atoms with E-state index in [0.29, 0.717) is 32.5 Å². The van der Waals surface area contributed by atoms with Crippen LogP contribution in [0.25, 0.3) is 0 Å². The van der Waals surface area contributed by atoms with Gasteiger partial charge in [0.25, 0.3) is 0 Å². The summed E-state index contributed by atoms with van der Waals surface area (Å²) in [6.07, 6.45) is 3.54. The van der Waals surface area contributed by atoms with Crippen molar-refractivity contribution >= 4 is 26.0 Å².